The molecule has 3 aromatic carbocycles. The number of carbonyl (C=O) groups is 1. The van der Waals surface area contributed by atoms with Gasteiger partial charge in [-0.1, -0.05) is 41.9 Å². The molecule has 8 heteroatoms. The Morgan fingerprint density at radius 1 is 1.08 bits per heavy atom. The van der Waals surface area contributed by atoms with Crippen LogP contribution < -0.4 is 10.1 Å². The lowest BCUT2D eigenvalue weighted by molar-refractivity contribution is 0.0829. The molecule has 0 aliphatic heterocycles. The molecule has 192 valence electrons. The second-order valence-corrected chi connectivity index (χ2v) is 9.46. The third-order valence-corrected chi connectivity index (χ3v) is 6.29. The number of aliphatic hydroxyl groups excluding tert-OH is 2. The Balaban J connectivity index is 1.41. The van der Waals surface area contributed by atoms with E-state index in [1.165, 1.54) is 4.90 Å². The van der Waals surface area contributed by atoms with Gasteiger partial charge in [-0.05, 0) is 60.0 Å². The molecule has 1 amide bonds. The summed E-state index contributed by atoms with van der Waals surface area (Å²) in [6.07, 6.45) is 1.48. The summed E-state index contributed by atoms with van der Waals surface area (Å²) in [6, 6.07) is 21.7. The van der Waals surface area contributed by atoms with Crippen LogP contribution >= 0.6 is 11.6 Å². The number of ether oxygens (including phenoxy) is 1. The molecule has 1 heterocycles. The molecule has 0 saturated carbocycles. The SMILES string of the molecule is CN(C)C(=O)c1cccc2c(Oc3ccc(C[C@@H](CO)NC[C@H](O)c4cccc(Cl)c4)cc3)ccnc12. The van der Waals surface area contributed by atoms with Crippen molar-refractivity contribution in [2.45, 2.75) is 18.6 Å². The van der Waals surface area contributed by atoms with E-state index in [4.69, 9.17) is 16.3 Å². The number of aromatic nitrogens is 1. The van der Waals surface area contributed by atoms with Crippen LogP contribution in [0.25, 0.3) is 10.9 Å². The van der Waals surface area contributed by atoms with E-state index in [2.05, 4.69) is 10.3 Å². The first kappa shape index (κ1) is 26.6. The van der Waals surface area contributed by atoms with Crippen LogP contribution in [0.4, 0.5) is 0 Å². The zero-order chi connectivity index (χ0) is 26.4. The smallest absolute Gasteiger partial charge is 0.255 e. The summed E-state index contributed by atoms with van der Waals surface area (Å²) in [6.45, 7) is 0.220. The molecule has 4 rings (SSSR count). The number of hydrogen-bond donors (Lipinski definition) is 3. The fraction of sp³-hybridized carbons (Fsp3) is 0.241. The second-order valence-electron chi connectivity index (χ2n) is 9.02. The topological polar surface area (TPSA) is 94.9 Å². The van der Waals surface area contributed by atoms with E-state index in [9.17, 15) is 15.0 Å². The maximum absolute atomic E-state index is 12.6. The fourth-order valence-corrected chi connectivity index (χ4v) is 4.27. The zero-order valence-corrected chi connectivity index (χ0v) is 21.5. The normalized spacial score (nSPS) is 12.8. The van der Waals surface area contributed by atoms with Gasteiger partial charge in [0.2, 0.25) is 0 Å². The summed E-state index contributed by atoms with van der Waals surface area (Å²) < 4.78 is 6.14. The van der Waals surface area contributed by atoms with Crippen LogP contribution in [0.5, 0.6) is 11.5 Å². The fourth-order valence-electron chi connectivity index (χ4n) is 4.07. The molecule has 0 saturated heterocycles. The van der Waals surface area contributed by atoms with E-state index in [0.29, 0.717) is 40.6 Å². The Hall–Kier alpha value is -3.49. The molecule has 0 aliphatic rings. The highest BCUT2D eigenvalue weighted by atomic mass is 35.5. The van der Waals surface area contributed by atoms with Crippen LogP contribution in [0.3, 0.4) is 0 Å². The lowest BCUT2D eigenvalue weighted by atomic mass is 10.0. The van der Waals surface area contributed by atoms with E-state index < -0.39 is 6.10 Å². The summed E-state index contributed by atoms with van der Waals surface area (Å²) in [4.78, 5) is 18.5. The first-order chi connectivity index (χ1) is 17.9. The second kappa shape index (κ2) is 12.2. The molecular formula is C29H30ClN3O4. The van der Waals surface area contributed by atoms with Crippen molar-refractivity contribution >= 4 is 28.4 Å². The molecule has 1 aromatic heterocycles. The van der Waals surface area contributed by atoms with Gasteiger partial charge in [-0.15, -0.1) is 0 Å². The number of para-hydroxylation sites is 1. The van der Waals surface area contributed by atoms with Gasteiger partial charge in [0.05, 0.1) is 23.8 Å². The number of halogens is 1. The van der Waals surface area contributed by atoms with Crippen LogP contribution in [0, 0.1) is 0 Å². The Labute approximate surface area is 221 Å². The van der Waals surface area contributed by atoms with Crippen molar-refractivity contribution in [2.75, 3.05) is 27.2 Å². The minimum atomic E-state index is -0.729. The molecule has 37 heavy (non-hydrogen) atoms. The predicted octanol–water partition coefficient (Wildman–Crippen LogP) is 4.61. The van der Waals surface area contributed by atoms with Gasteiger partial charge < -0.3 is 25.2 Å². The van der Waals surface area contributed by atoms with Crippen molar-refractivity contribution in [2.24, 2.45) is 0 Å². The van der Waals surface area contributed by atoms with E-state index >= 15 is 0 Å². The van der Waals surface area contributed by atoms with Crippen molar-refractivity contribution in [1.82, 2.24) is 15.2 Å². The summed E-state index contributed by atoms with van der Waals surface area (Å²) in [5, 5.41) is 24.8. The lowest BCUT2D eigenvalue weighted by Crippen LogP contribution is -2.37. The number of amides is 1. The molecule has 0 fully saturated rings. The number of fused-ring (bicyclic) bond motifs is 1. The van der Waals surface area contributed by atoms with Crippen LogP contribution in [0.1, 0.15) is 27.6 Å². The number of carbonyl (C=O) groups excluding carboxylic acids is 1. The Kier molecular flexibility index (Phi) is 8.74. The Morgan fingerprint density at radius 3 is 2.54 bits per heavy atom. The number of nitrogens with one attached hydrogen (secondary N) is 1. The number of benzene rings is 3. The maximum Gasteiger partial charge on any atom is 0.255 e. The number of nitrogens with zero attached hydrogens (tertiary/aromatic N) is 2. The van der Waals surface area contributed by atoms with Gasteiger partial charge >= 0.3 is 0 Å². The largest absolute Gasteiger partial charge is 0.457 e. The van der Waals surface area contributed by atoms with Gasteiger partial charge in [0.25, 0.3) is 5.91 Å². The molecule has 4 aromatic rings. The maximum atomic E-state index is 12.6. The lowest BCUT2D eigenvalue weighted by Gasteiger charge is -2.19. The average molecular weight is 520 g/mol. The molecule has 0 spiro atoms. The highest BCUT2D eigenvalue weighted by Crippen LogP contribution is 2.31. The van der Waals surface area contributed by atoms with Crippen LogP contribution in [-0.2, 0) is 6.42 Å². The third-order valence-electron chi connectivity index (χ3n) is 6.05. The molecule has 0 bridgehead atoms. The molecule has 0 radical (unpaired) electrons. The van der Waals surface area contributed by atoms with Crippen molar-refractivity contribution in [3.05, 3.63) is 101 Å². The molecule has 2 atom stereocenters. The van der Waals surface area contributed by atoms with Crippen molar-refractivity contribution < 1.29 is 19.7 Å². The van der Waals surface area contributed by atoms with Gasteiger partial charge in [0.15, 0.2) is 0 Å². The molecule has 0 aliphatic carbocycles. The number of rotatable bonds is 10. The van der Waals surface area contributed by atoms with Gasteiger partial charge in [-0.25, -0.2) is 0 Å². The van der Waals surface area contributed by atoms with Gasteiger partial charge in [-0.2, -0.15) is 0 Å². The Morgan fingerprint density at radius 2 is 1.84 bits per heavy atom. The summed E-state index contributed by atoms with van der Waals surface area (Å²) in [5.74, 6) is 1.13. The van der Waals surface area contributed by atoms with Crippen LogP contribution in [-0.4, -0.2) is 59.3 Å². The van der Waals surface area contributed by atoms with Crippen LogP contribution in [0.15, 0.2) is 79.0 Å². The highest BCUT2D eigenvalue weighted by Gasteiger charge is 2.16. The summed E-state index contributed by atoms with van der Waals surface area (Å²) >= 11 is 6.01. The van der Waals surface area contributed by atoms with Gasteiger partial charge in [-0.3, -0.25) is 9.78 Å². The van der Waals surface area contributed by atoms with E-state index in [1.807, 2.05) is 42.5 Å². The quantitative estimate of drug-likeness (QED) is 0.283. The first-order valence-electron chi connectivity index (χ1n) is 12.0. The monoisotopic (exact) mass is 519 g/mol. The minimum Gasteiger partial charge on any atom is -0.457 e. The van der Waals surface area contributed by atoms with Gasteiger partial charge in [0.1, 0.15) is 11.5 Å². The van der Waals surface area contributed by atoms with E-state index in [-0.39, 0.29) is 18.6 Å². The molecular weight excluding hydrogens is 490 g/mol. The van der Waals surface area contributed by atoms with Crippen molar-refractivity contribution in [3.8, 4) is 11.5 Å². The highest BCUT2D eigenvalue weighted by molar-refractivity contribution is 6.30. The zero-order valence-electron chi connectivity index (χ0n) is 20.8. The van der Waals surface area contributed by atoms with E-state index in [0.717, 1.165) is 16.5 Å². The third kappa shape index (κ3) is 6.64. The summed E-state index contributed by atoms with van der Waals surface area (Å²) in [5.41, 5.74) is 2.84. The Bertz CT molecular complexity index is 1360. The predicted molar refractivity (Wildman–Crippen MR) is 145 cm³/mol. The number of hydrogen-bond acceptors (Lipinski definition) is 6. The molecule has 3 N–H and O–H groups in total. The summed E-state index contributed by atoms with van der Waals surface area (Å²) in [7, 11) is 3.42. The molecule has 7 nitrogen and oxygen atoms in total. The number of pyridine rings is 1. The van der Waals surface area contributed by atoms with Gasteiger partial charge in [0, 0.05) is 43.3 Å². The van der Waals surface area contributed by atoms with Crippen molar-refractivity contribution in [3.63, 3.8) is 0 Å². The van der Waals surface area contributed by atoms with E-state index in [1.54, 1.807) is 50.6 Å². The standard InChI is InChI=1S/C29H30ClN3O4/c1-33(2)29(36)25-8-4-7-24-27(13-14-31-28(24)25)37-23-11-9-19(10-12-23)15-22(18-34)32-17-26(35)20-5-3-6-21(30)16-20/h3-14,16,22,26,32,34-35H,15,17-18H2,1-2H3/t22-,26-/m0/s1. The molecule has 0 unspecified atom stereocenters. The van der Waals surface area contributed by atoms with Crippen molar-refractivity contribution in [1.29, 1.82) is 0 Å². The van der Waals surface area contributed by atoms with Crippen LogP contribution in [0.2, 0.25) is 5.02 Å². The minimum absolute atomic E-state index is 0.0719. The average Bonchev–Trinajstić information content (AvgIpc) is 2.91. The first-order valence-corrected chi connectivity index (χ1v) is 12.4. The number of aliphatic hydroxyl groups is 2.